The van der Waals surface area contributed by atoms with Crippen molar-refractivity contribution in [2.24, 2.45) is 5.10 Å². The molecule has 3 heterocycles. The highest BCUT2D eigenvalue weighted by Crippen LogP contribution is 2.26. The number of hydrogen-bond acceptors (Lipinski definition) is 6. The van der Waals surface area contributed by atoms with E-state index in [1.807, 2.05) is 66.7 Å². The number of nitrogens with zero attached hydrogens (tertiary/aromatic N) is 4. The van der Waals surface area contributed by atoms with Gasteiger partial charge < -0.3 is 9.64 Å². The zero-order chi connectivity index (χ0) is 22.5. The van der Waals surface area contributed by atoms with E-state index in [1.54, 1.807) is 28.4 Å². The summed E-state index contributed by atoms with van der Waals surface area (Å²) in [6.07, 6.45) is 3.42. The Bertz CT molecular complexity index is 1240. The van der Waals surface area contributed by atoms with Crippen molar-refractivity contribution in [3.63, 3.8) is 0 Å². The van der Waals surface area contributed by atoms with E-state index in [-0.39, 0.29) is 5.91 Å². The van der Waals surface area contributed by atoms with E-state index in [4.69, 9.17) is 4.74 Å². The van der Waals surface area contributed by atoms with E-state index in [2.05, 4.69) is 26.6 Å². The van der Waals surface area contributed by atoms with Crippen molar-refractivity contribution >= 4 is 28.5 Å². The van der Waals surface area contributed by atoms with Crippen molar-refractivity contribution in [3.05, 3.63) is 89.4 Å². The lowest BCUT2D eigenvalue weighted by Crippen LogP contribution is -2.35. The maximum absolute atomic E-state index is 13.0. The number of morpholine rings is 1. The first kappa shape index (κ1) is 21.1. The molecule has 166 valence electrons. The lowest BCUT2D eigenvalue weighted by Gasteiger charge is -2.27. The summed E-state index contributed by atoms with van der Waals surface area (Å²) in [4.78, 5) is 16.3. The number of aromatic nitrogens is 2. The quantitative estimate of drug-likeness (QED) is 0.348. The molecule has 0 radical (unpaired) electrons. The van der Waals surface area contributed by atoms with E-state index >= 15 is 0 Å². The fraction of sp³-hybridized carbons (Fsp3) is 0.160. The van der Waals surface area contributed by atoms with Gasteiger partial charge in [0.2, 0.25) is 0 Å². The highest BCUT2D eigenvalue weighted by Gasteiger charge is 2.18. The first-order chi connectivity index (χ1) is 16.3. The molecule has 33 heavy (non-hydrogen) atoms. The fourth-order valence-corrected chi connectivity index (χ4v) is 4.57. The molecule has 2 aromatic carbocycles. The first-order valence-corrected chi connectivity index (χ1v) is 11.6. The number of anilines is 1. The van der Waals surface area contributed by atoms with E-state index < -0.39 is 0 Å². The van der Waals surface area contributed by atoms with Gasteiger partial charge in [-0.15, -0.1) is 11.3 Å². The summed E-state index contributed by atoms with van der Waals surface area (Å²) >= 11 is 1.64. The number of nitrogens with one attached hydrogen (secondary N) is 1. The molecule has 8 heteroatoms. The predicted molar refractivity (Wildman–Crippen MR) is 131 cm³/mol. The Morgan fingerprint density at radius 2 is 1.73 bits per heavy atom. The maximum atomic E-state index is 13.0. The number of rotatable bonds is 6. The van der Waals surface area contributed by atoms with Crippen LogP contribution in [0.2, 0.25) is 0 Å². The molecule has 1 amide bonds. The topological polar surface area (TPSA) is 71.8 Å². The summed E-state index contributed by atoms with van der Waals surface area (Å²) in [7, 11) is 0. The zero-order valence-electron chi connectivity index (χ0n) is 17.9. The van der Waals surface area contributed by atoms with Crippen LogP contribution in [0.1, 0.15) is 15.2 Å². The molecule has 4 aromatic rings. The van der Waals surface area contributed by atoms with Gasteiger partial charge >= 0.3 is 0 Å². The third-order valence-corrected chi connectivity index (χ3v) is 6.40. The van der Waals surface area contributed by atoms with E-state index in [1.165, 1.54) is 5.00 Å². The van der Waals surface area contributed by atoms with Gasteiger partial charge in [0.1, 0.15) is 5.69 Å². The Labute approximate surface area is 195 Å². The van der Waals surface area contributed by atoms with Crippen LogP contribution in [-0.4, -0.2) is 48.2 Å². The van der Waals surface area contributed by atoms with Gasteiger partial charge in [0.05, 0.1) is 35.7 Å². The summed E-state index contributed by atoms with van der Waals surface area (Å²) in [5.41, 5.74) is 5.48. The second-order valence-electron chi connectivity index (χ2n) is 7.51. The second kappa shape index (κ2) is 9.81. The van der Waals surface area contributed by atoms with Crippen LogP contribution in [0.25, 0.3) is 16.9 Å². The number of benzene rings is 2. The lowest BCUT2D eigenvalue weighted by molar-refractivity contribution is 0.0955. The molecule has 0 bridgehead atoms. The number of hydrazone groups is 1. The number of ether oxygens (including phenoxy) is 1. The van der Waals surface area contributed by atoms with Crippen LogP contribution < -0.4 is 10.3 Å². The Hall–Kier alpha value is -3.75. The van der Waals surface area contributed by atoms with E-state index in [0.717, 1.165) is 42.4 Å². The summed E-state index contributed by atoms with van der Waals surface area (Å²) in [6, 6.07) is 23.5. The molecule has 0 atom stereocenters. The Morgan fingerprint density at radius 3 is 2.48 bits per heavy atom. The average molecular weight is 458 g/mol. The number of carbonyl (C=O) groups is 1. The molecule has 1 aliphatic heterocycles. The number of carbonyl (C=O) groups excluding carboxylic acids is 1. The molecule has 1 saturated heterocycles. The molecule has 1 fully saturated rings. The summed E-state index contributed by atoms with van der Waals surface area (Å²) in [5.74, 6) is -0.308. The first-order valence-electron chi connectivity index (χ1n) is 10.7. The summed E-state index contributed by atoms with van der Waals surface area (Å²) in [5, 5.41) is 10.1. The summed E-state index contributed by atoms with van der Waals surface area (Å²) < 4.78 is 7.13. The van der Waals surface area contributed by atoms with Crippen LogP contribution in [-0.2, 0) is 4.74 Å². The zero-order valence-corrected chi connectivity index (χ0v) is 18.7. The highest BCUT2D eigenvalue weighted by atomic mass is 32.1. The largest absolute Gasteiger partial charge is 0.378 e. The molecule has 1 aliphatic rings. The standard InChI is InChI=1S/C25H23N5O2S/c31-25(27-26-17-21-11-12-23(33-21)29-13-15-32-16-14-29)22-18-30(20-9-5-2-6-10-20)28-24(22)19-7-3-1-4-8-19/h1-12,17-18H,13-16H2,(H,27,31)/b26-17+. The molecule has 2 aromatic heterocycles. The molecule has 0 aliphatic carbocycles. The minimum atomic E-state index is -0.308. The molecule has 0 saturated carbocycles. The fourth-order valence-electron chi connectivity index (χ4n) is 3.64. The van der Waals surface area contributed by atoms with Gasteiger partial charge in [0.25, 0.3) is 5.91 Å². The van der Waals surface area contributed by atoms with Crippen LogP contribution in [0, 0.1) is 0 Å². The van der Waals surface area contributed by atoms with Crippen molar-refractivity contribution < 1.29 is 9.53 Å². The smallest absolute Gasteiger partial charge is 0.275 e. The van der Waals surface area contributed by atoms with Crippen molar-refractivity contribution in [2.45, 2.75) is 0 Å². The lowest BCUT2D eigenvalue weighted by atomic mass is 10.1. The summed E-state index contributed by atoms with van der Waals surface area (Å²) in [6.45, 7) is 3.28. The molecule has 1 N–H and O–H groups in total. The van der Waals surface area contributed by atoms with Crippen LogP contribution >= 0.6 is 11.3 Å². The van der Waals surface area contributed by atoms with Gasteiger partial charge in [0, 0.05) is 29.7 Å². The number of amides is 1. The van der Waals surface area contributed by atoms with Crippen LogP contribution in [0.4, 0.5) is 5.00 Å². The van der Waals surface area contributed by atoms with Crippen molar-refractivity contribution in [1.82, 2.24) is 15.2 Å². The number of hydrogen-bond donors (Lipinski definition) is 1. The normalized spacial score (nSPS) is 14.0. The van der Waals surface area contributed by atoms with Gasteiger partial charge in [0.15, 0.2) is 0 Å². The Balaban J connectivity index is 1.35. The molecule has 0 spiro atoms. The van der Waals surface area contributed by atoms with E-state index in [0.29, 0.717) is 11.3 Å². The SMILES string of the molecule is O=C(N/N=C/c1ccc(N2CCOCC2)s1)c1cn(-c2ccccc2)nc1-c1ccccc1. The Morgan fingerprint density at radius 1 is 1.00 bits per heavy atom. The number of para-hydroxylation sites is 1. The van der Waals surface area contributed by atoms with Crippen LogP contribution in [0.5, 0.6) is 0 Å². The highest BCUT2D eigenvalue weighted by molar-refractivity contribution is 7.17. The average Bonchev–Trinajstić information content (AvgIpc) is 3.54. The maximum Gasteiger partial charge on any atom is 0.275 e. The predicted octanol–water partition coefficient (Wildman–Crippen LogP) is 4.20. The van der Waals surface area contributed by atoms with Crippen molar-refractivity contribution in [3.8, 4) is 16.9 Å². The third kappa shape index (κ3) is 4.87. The molecule has 0 unspecified atom stereocenters. The van der Waals surface area contributed by atoms with E-state index in [9.17, 15) is 4.79 Å². The van der Waals surface area contributed by atoms with Gasteiger partial charge in [-0.2, -0.15) is 10.2 Å². The molecule has 7 nitrogen and oxygen atoms in total. The molecule has 5 rings (SSSR count). The van der Waals surface area contributed by atoms with Crippen molar-refractivity contribution in [2.75, 3.05) is 31.2 Å². The second-order valence-corrected chi connectivity index (χ2v) is 8.61. The minimum Gasteiger partial charge on any atom is -0.378 e. The van der Waals surface area contributed by atoms with Crippen LogP contribution in [0.3, 0.4) is 0 Å². The van der Waals surface area contributed by atoms with Gasteiger partial charge in [-0.3, -0.25) is 4.79 Å². The van der Waals surface area contributed by atoms with Crippen LogP contribution in [0.15, 0.2) is 84.1 Å². The van der Waals surface area contributed by atoms with Gasteiger partial charge in [-0.25, -0.2) is 10.1 Å². The number of thiophene rings is 1. The van der Waals surface area contributed by atoms with Gasteiger partial charge in [-0.1, -0.05) is 48.5 Å². The minimum absolute atomic E-state index is 0.308. The molecular weight excluding hydrogens is 434 g/mol. The van der Waals surface area contributed by atoms with Gasteiger partial charge in [-0.05, 0) is 24.3 Å². The van der Waals surface area contributed by atoms with Crippen molar-refractivity contribution in [1.29, 1.82) is 0 Å². The molecular formula is C25H23N5O2S. The monoisotopic (exact) mass is 457 g/mol. The Kier molecular flexibility index (Phi) is 6.27. The third-order valence-electron chi connectivity index (χ3n) is 5.32.